The molecule has 0 aliphatic carbocycles. The van der Waals surface area contributed by atoms with Crippen molar-refractivity contribution in [3.05, 3.63) is 36.4 Å². The molecule has 1 saturated heterocycles. The molecule has 0 bridgehead atoms. The zero-order chi connectivity index (χ0) is 16.6. The Hall–Kier alpha value is -2.26. The minimum absolute atomic E-state index is 0.0309. The second-order valence-electron chi connectivity index (χ2n) is 5.31. The third-order valence-corrected chi connectivity index (χ3v) is 5.52. The van der Waals surface area contributed by atoms with Crippen LogP contribution < -0.4 is 4.90 Å². The lowest BCUT2D eigenvalue weighted by molar-refractivity contribution is -0.120. The molecule has 0 aromatic carbocycles. The highest BCUT2D eigenvalue weighted by Crippen LogP contribution is 2.20. The molecule has 8 nitrogen and oxygen atoms in total. The first kappa shape index (κ1) is 15.6. The van der Waals surface area contributed by atoms with Crippen molar-refractivity contribution < 1.29 is 13.2 Å². The van der Waals surface area contributed by atoms with Crippen LogP contribution in [0.4, 0.5) is 5.82 Å². The Morgan fingerprint density at radius 1 is 1.22 bits per heavy atom. The summed E-state index contributed by atoms with van der Waals surface area (Å²) in [6.07, 6.45) is 3.06. The fourth-order valence-corrected chi connectivity index (χ4v) is 3.80. The number of hydrogen-bond acceptors (Lipinski definition) is 5. The molecule has 23 heavy (non-hydrogen) atoms. The van der Waals surface area contributed by atoms with E-state index in [1.165, 1.54) is 11.1 Å². The maximum Gasteiger partial charge on any atom is 0.262 e. The number of anilines is 1. The van der Waals surface area contributed by atoms with E-state index in [1.807, 2.05) is 0 Å². The maximum atomic E-state index is 12.6. The van der Waals surface area contributed by atoms with Crippen molar-refractivity contribution in [3.63, 3.8) is 0 Å². The molecule has 0 N–H and O–H groups in total. The van der Waals surface area contributed by atoms with Crippen LogP contribution in [0, 0.1) is 6.92 Å². The molecule has 1 fully saturated rings. The van der Waals surface area contributed by atoms with Crippen molar-refractivity contribution in [3.8, 4) is 0 Å². The van der Waals surface area contributed by atoms with Gasteiger partial charge in [-0.25, -0.2) is 18.4 Å². The Kier molecular flexibility index (Phi) is 3.90. The number of hydrogen-bond donors (Lipinski definition) is 0. The van der Waals surface area contributed by atoms with Crippen LogP contribution in [-0.2, 0) is 21.9 Å². The van der Waals surface area contributed by atoms with Gasteiger partial charge in [0.15, 0.2) is 5.03 Å². The highest BCUT2D eigenvalue weighted by molar-refractivity contribution is 7.89. The van der Waals surface area contributed by atoms with Gasteiger partial charge < -0.3 is 4.57 Å². The van der Waals surface area contributed by atoms with Gasteiger partial charge in [0.25, 0.3) is 10.0 Å². The van der Waals surface area contributed by atoms with Crippen molar-refractivity contribution in [1.82, 2.24) is 18.8 Å². The summed E-state index contributed by atoms with van der Waals surface area (Å²) in [5, 5.41) is -0.0309. The van der Waals surface area contributed by atoms with E-state index in [0.717, 1.165) is 4.31 Å². The minimum Gasteiger partial charge on any atom is -0.337 e. The van der Waals surface area contributed by atoms with Crippen molar-refractivity contribution in [2.75, 3.05) is 24.5 Å². The normalized spacial score (nSPS) is 16.8. The van der Waals surface area contributed by atoms with Crippen molar-refractivity contribution in [1.29, 1.82) is 0 Å². The molecule has 2 aromatic heterocycles. The molecule has 9 heteroatoms. The first-order chi connectivity index (χ1) is 10.9. The molecule has 122 valence electrons. The summed E-state index contributed by atoms with van der Waals surface area (Å²) in [5.41, 5.74) is 0. The standard InChI is InChI=1S/C14H17N5O3S/c1-11-16-13(9-17(11)2)23(21,22)18-7-8-19(14(20)10-18)12-5-3-4-6-15-12/h3-6,9H,7-8,10H2,1-2H3. The van der Waals surface area contributed by atoms with Crippen molar-refractivity contribution in [2.45, 2.75) is 11.9 Å². The number of sulfonamides is 1. The summed E-state index contributed by atoms with van der Waals surface area (Å²) in [5.74, 6) is 0.830. The summed E-state index contributed by atoms with van der Waals surface area (Å²) < 4.78 is 28.0. The minimum atomic E-state index is -3.77. The van der Waals surface area contributed by atoms with Gasteiger partial charge in [0.2, 0.25) is 5.91 Å². The first-order valence-corrected chi connectivity index (χ1v) is 8.55. The summed E-state index contributed by atoms with van der Waals surface area (Å²) in [6.45, 7) is 1.98. The Morgan fingerprint density at radius 3 is 2.57 bits per heavy atom. The van der Waals surface area contributed by atoms with Gasteiger partial charge in [-0.3, -0.25) is 9.69 Å². The molecule has 0 unspecified atom stereocenters. The number of nitrogens with zero attached hydrogens (tertiary/aromatic N) is 5. The van der Waals surface area contributed by atoms with Crippen LogP contribution in [0.25, 0.3) is 0 Å². The highest BCUT2D eigenvalue weighted by Gasteiger charge is 2.35. The van der Waals surface area contributed by atoms with E-state index in [2.05, 4.69) is 9.97 Å². The molecule has 0 spiro atoms. The predicted octanol–water partition coefficient (Wildman–Crippen LogP) is 0.161. The molecule has 0 atom stereocenters. The average Bonchev–Trinajstić information content (AvgIpc) is 2.88. The maximum absolute atomic E-state index is 12.6. The van der Waals surface area contributed by atoms with Crippen molar-refractivity contribution >= 4 is 21.7 Å². The molecule has 0 saturated carbocycles. The predicted molar refractivity (Wildman–Crippen MR) is 83.3 cm³/mol. The van der Waals surface area contributed by atoms with Gasteiger partial charge in [-0.05, 0) is 19.1 Å². The summed E-state index contributed by atoms with van der Waals surface area (Å²) in [7, 11) is -2.04. The molecular formula is C14H17N5O3S. The van der Waals surface area contributed by atoms with E-state index in [-0.39, 0.29) is 30.6 Å². The van der Waals surface area contributed by atoms with E-state index in [9.17, 15) is 13.2 Å². The number of imidazole rings is 1. The topological polar surface area (TPSA) is 88.4 Å². The fourth-order valence-electron chi connectivity index (χ4n) is 2.40. The summed E-state index contributed by atoms with van der Waals surface area (Å²) >= 11 is 0. The summed E-state index contributed by atoms with van der Waals surface area (Å²) in [4.78, 5) is 22.0. The number of piperazine rings is 1. The van der Waals surface area contributed by atoms with Crippen LogP contribution in [-0.4, -0.2) is 52.8 Å². The van der Waals surface area contributed by atoms with Gasteiger partial charge in [0, 0.05) is 32.5 Å². The van der Waals surface area contributed by atoms with Gasteiger partial charge in [0.05, 0.1) is 6.54 Å². The van der Waals surface area contributed by atoms with Crippen LogP contribution in [0.2, 0.25) is 0 Å². The number of rotatable bonds is 3. The quantitative estimate of drug-likeness (QED) is 0.797. The molecule has 1 aliphatic heterocycles. The molecule has 1 amide bonds. The van der Waals surface area contributed by atoms with E-state index >= 15 is 0 Å². The van der Waals surface area contributed by atoms with Gasteiger partial charge in [0.1, 0.15) is 11.6 Å². The fraction of sp³-hybridized carbons (Fsp3) is 0.357. The van der Waals surface area contributed by atoms with Gasteiger partial charge in [-0.2, -0.15) is 4.31 Å². The third kappa shape index (κ3) is 2.84. The van der Waals surface area contributed by atoms with E-state index in [4.69, 9.17) is 0 Å². The van der Waals surface area contributed by atoms with Crippen molar-refractivity contribution in [2.24, 2.45) is 7.05 Å². The number of amides is 1. The SMILES string of the molecule is Cc1nc(S(=O)(=O)N2CCN(c3ccccn3)C(=O)C2)cn1C. The van der Waals surface area contributed by atoms with Gasteiger partial charge in [-0.15, -0.1) is 0 Å². The zero-order valence-corrected chi connectivity index (χ0v) is 13.7. The highest BCUT2D eigenvalue weighted by atomic mass is 32.2. The van der Waals surface area contributed by atoms with Crippen LogP contribution >= 0.6 is 0 Å². The van der Waals surface area contributed by atoms with Crippen LogP contribution in [0.15, 0.2) is 35.6 Å². The molecule has 2 aromatic rings. The van der Waals surface area contributed by atoms with Gasteiger partial charge >= 0.3 is 0 Å². The lowest BCUT2D eigenvalue weighted by Gasteiger charge is -2.32. The zero-order valence-electron chi connectivity index (χ0n) is 12.9. The Balaban J connectivity index is 1.81. The lowest BCUT2D eigenvalue weighted by atomic mass is 10.3. The third-order valence-electron chi connectivity index (χ3n) is 3.80. The monoisotopic (exact) mass is 335 g/mol. The number of pyridine rings is 1. The Morgan fingerprint density at radius 2 is 2.00 bits per heavy atom. The smallest absolute Gasteiger partial charge is 0.262 e. The Labute approximate surface area is 134 Å². The molecule has 3 heterocycles. The first-order valence-electron chi connectivity index (χ1n) is 7.11. The molecule has 1 aliphatic rings. The second kappa shape index (κ2) is 5.74. The van der Waals surface area contributed by atoms with Crippen LogP contribution in [0.3, 0.4) is 0 Å². The number of carbonyl (C=O) groups is 1. The largest absolute Gasteiger partial charge is 0.337 e. The van der Waals surface area contributed by atoms with E-state index < -0.39 is 10.0 Å². The van der Waals surface area contributed by atoms with Crippen LogP contribution in [0.5, 0.6) is 0 Å². The molecule has 3 rings (SSSR count). The average molecular weight is 335 g/mol. The number of aromatic nitrogens is 3. The Bertz CT molecular complexity index is 812. The molecular weight excluding hydrogens is 318 g/mol. The van der Waals surface area contributed by atoms with Crippen LogP contribution in [0.1, 0.15) is 5.82 Å². The van der Waals surface area contributed by atoms with E-state index in [1.54, 1.807) is 42.9 Å². The number of aryl methyl sites for hydroxylation is 2. The summed E-state index contributed by atoms with van der Waals surface area (Å²) in [6, 6.07) is 5.28. The second-order valence-corrected chi connectivity index (χ2v) is 7.19. The van der Waals surface area contributed by atoms with E-state index in [0.29, 0.717) is 11.6 Å². The number of carbonyl (C=O) groups excluding carboxylic acids is 1. The van der Waals surface area contributed by atoms with Gasteiger partial charge in [-0.1, -0.05) is 6.07 Å². The lowest BCUT2D eigenvalue weighted by Crippen LogP contribution is -2.52. The molecule has 0 radical (unpaired) electrons.